The zero-order valence-corrected chi connectivity index (χ0v) is 15.2. The number of amides is 1. The molecule has 25 heavy (non-hydrogen) atoms. The lowest BCUT2D eigenvalue weighted by Crippen LogP contribution is -3.10. The molecule has 2 N–H and O–H groups in total. The van der Waals surface area contributed by atoms with Crippen molar-refractivity contribution in [3.05, 3.63) is 54.1 Å². The molecule has 0 saturated carbocycles. The quantitative estimate of drug-likeness (QED) is 0.733. The summed E-state index contributed by atoms with van der Waals surface area (Å²) in [5.41, 5.74) is 1.97. The number of carbonyl (C=O) groups is 1. The molecular formula is C20H27N2O3+. The van der Waals surface area contributed by atoms with Gasteiger partial charge in [0, 0.05) is 29.4 Å². The van der Waals surface area contributed by atoms with E-state index in [1.54, 1.807) is 32.4 Å². The third kappa shape index (κ3) is 6.12. The van der Waals surface area contributed by atoms with E-state index >= 15 is 0 Å². The number of methoxy groups -OCH3 is 2. The van der Waals surface area contributed by atoms with Crippen LogP contribution in [-0.2, 0) is 11.3 Å². The molecule has 1 unspecified atom stereocenters. The second-order valence-corrected chi connectivity index (χ2v) is 5.92. The van der Waals surface area contributed by atoms with Crippen molar-refractivity contribution in [1.82, 2.24) is 0 Å². The molecule has 5 heteroatoms. The third-order valence-corrected chi connectivity index (χ3v) is 4.14. The molecule has 2 rings (SSSR count). The van der Waals surface area contributed by atoms with E-state index in [0.29, 0.717) is 23.6 Å². The van der Waals surface area contributed by atoms with Crippen molar-refractivity contribution in [3.8, 4) is 11.5 Å². The van der Waals surface area contributed by atoms with Gasteiger partial charge in [-0.15, -0.1) is 0 Å². The fourth-order valence-electron chi connectivity index (χ4n) is 2.67. The highest BCUT2D eigenvalue weighted by atomic mass is 16.5. The van der Waals surface area contributed by atoms with E-state index in [1.165, 1.54) is 10.5 Å². The predicted molar refractivity (Wildman–Crippen MR) is 99.3 cm³/mol. The van der Waals surface area contributed by atoms with Crippen LogP contribution < -0.4 is 19.7 Å². The van der Waals surface area contributed by atoms with Crippen LogP contribution in [0.1, 0.15) is 18.9 Å². The molecule has 1 atom stereocenters. The van der Waals surface area contributed by atoms with Crippen molar-refractivity contribution in [2.24, 2.45) is 0 Å². The molecule has 0 aliphatic rings. The van der Waals surface area contributed by atoms with Crippen molar-refractivity contribution in [2.45, 2.75) is 19.9 Å². The zero-order valence-electron chi connectivity index (χ0n) is 15.2. The molecule has 0 aliphatic carbocycles. The van der Waals surface area contributed by atoms with Gasteiger partial charge in [0.15, 0.2) is 0 Å². The summed E-state index contributed by atoms with van der Waals surface area (Å²) >= 11 is 0. The van der Waals surface area contributed by atoms with E-state index < -0.39 is 0 Å². The van der Waals surface area contributed by atoms with Gasteiger partial charge in [0.05, 0.1) is 33.7 Å². The molecule has 0 aliphatic heterocycles. The largest absolute Gasteiger partial charge is 0.497 e. The van der Waals surface area contributed by atoms with Crippen LogP contribution in [0.15, 0.2) is 48.5 Å². The van der Waals surface area contributed by atoms with Gasteiger partial charge in [-0.25, -0.2) is 0 Å². The standard InChI is InChI=1S/C20H26N2O3/c1-4-22(15-16-8-6-5-7-9-16)11-10-20(23)21-17-12-18(24-2)14-19(13-17)25-3/h5-9,12-14H,4,10-11,15H2,1-3H3,(H,21,23)/p+1. The molecule has 134 valence electrons. The van der Waals surface area contributed by atoms with E-state index in [-0.39, 0.29) is 5.91 Å². The van der Waals surface area contributed by atoms with Crippen molar-refractivity contribution < 1.29 is 19.2 Å². The van der Waals surface area contributed by atoms with E-state index in [2.05, 4.69) is 24.4 Å². The Morgan fingerprint density at radius 2 is 1.68 bits per heavy atom. The number of quaternary nitrogens is 1. The van der Waals surface area contributed by atoms with Crippen molar-refractivity contribution in [1.29, 1.82) is 0 Å². The van der Waals surface area contributed by atoms with Crippen LogP contribution in [-0.4, -0.2) is 33.2 Å². The van der Waals surface area contributed by atoms with Gasteiger partial charge in [-0.2, -0.15) is 0 Å². The Bertz CT molecular complexity index is 652. The monoisotopic (exact) mass is 343 g/mol. The van der Waals surface area contributed by atoms with Gasteiger partial charge in [-0.3, -0.25) is 4.79 Å². The second-order valence-electron chi connectivity index (χ2n) is 5.92. The minimum Gasteiger partial charge on any atom is -0.497 e. The molecule has 0 spiro atoms. The molecule has 1 amide bonds. The average Bonchev–Trinajstić information content (AvgIpc) is 2.65. The molecule has 0 fully saturated rings. The first kappa shape index (κ1) is 18.8. The normalized spacial score (nSPS) is 11.6. The fourth-order valence-corrected chi connectivity index (χ4v) is 2.67. The van der Waals surface area contributed by atoms with Crippen LogP contribution in [0, 0.1) is 0 Å². The number of ether oxygens (including phenoxy) is 2. The van der Waals surface area contributed by atoms with Gasteiger partial charge in [0.2, 0.25) is 5.91 Å². The number of benzene rings is 2. The number of anilines is 1. The summed E-state index contributed by atoms with van der Waals surface area (Å²) in [6.45, 7) is 4.84. The lowest BCUT2D eigenvalue weighted by Gasteiger charge is -2.17. The van der Waals surface area contributed by atoms with E-state index in [9.17, 15) is 4.79 Å². The highest BCUT2D eigenvalue weighted by molar-refractivity contribution is 5.91. The minimum absolute atomic E-state index is 0.00526. The van der Waals surface area contributed by atoms with Crippen molar-refractivity contribution in [2.75, 3.05) is 32.6 Å². The molecule has 0 saturated heterocycles. The fraction of sp³-hybridized carbons (Fsp3) is 0.350. The van der Waals surface area contributed by atoms with Gasteiger partial charge in [-0.1, -0.05) is 30.3 Å². The molecule has 0 aromatic heterocycles. The molecule has 0 bridgehead atoms. The number of carbonyl (C=O) groups excluding carboxylic acids is 1. The van der Waals surface area contributed by atoms with Crippen molar-refractivity contribution >= 4 is 11.6 Å². The third-order valence-electron chi connectivity index (χ3n) is 4.14. The van der Waals surface area contributed by atoms with Crippen LogP contribution in [0.2, 0.25) is 0 Å². The minimum atomic E-state index is -0.00526. The van der Waals surface area contributed by atoms with E-state index in [1.807, 2.05) is 18.2 Å². The SMILES string of the molecule is CC[NH+](CCC(=O)Nc1cc(OC)cc(OC)c1)Cc1ccccc1. The van der Waals surface area contributed by atoms with Gasteiger partial charge < -0.3 is 19.7 Å². The van der Waals surface area contributed by atoms with Crippen LogP contribution in [0.4, 0.5) is 5.69 Å². The number of hydrogen-bond acceptors (Lipinski definition) is 3. The molecule has 0 heterocycles. The smallest absolute Gasteiger partial charge is 0.230 e. The Morgan fingerprint density at radius 1 is 1.04 bits per heavy atom. The first-order valence-corrected chi connectivity index (χ1v) is 8.55. The second kappa shape index (κ2) is 9.69. The maximum absolute atomic E-state index is 12.3. The topological polar surface area (TPSA) is 52.0 Å². The van der Waals surface area contributed by atoms with E-state index in [4.69, 9.17) is 9.47 Å². The lowest BCUT2D eigenvalue weighted by atomic mass is 10.2. The van der Waals surface area contributed by atoms with Crippen LogP contribution in [0.25, 0.3) is 0 Å². The van der Waals surface area contributed by atoms with Crippen LogP contribution >= 0.6 is 0 Å². The number of hydrogen-bond donors (Lipinski definition) is 2. The Balaban J connectivity index is 1.89. The van der Waals surface area contributed by atoms with E-state index in [0.717, 1.165) is 19.6 Å². The first-order chi connectivity index (χ1) is 12.1. The Kier molecular flexibility index (Phi) is 7.29. The summed E-state index contributed by atoms with van der Waals surface area (Å²) in [7, 11) is 3.18. The highest BCUT2D eigenvalue weighted by Gasteiger charge is 2.12. The van der Waals surface area contributed by atoms with Gasteiger partial charge >= 0.3 is 0 Å². The molecular weight excluding hydrogens is 316 g/mol. The maximum atomic E-state index is 12.3. The summed E-state index contributed by atoms with van der Waals surface area (Å²) in [6, 6.07) is 15.7. The Labute approximate surface area is 149 Å². The lowest BCUT2D eigenvalue weighted by molar-refractivity contribution is -0.911. The Morgan fingerprint density at radius 3 is 2.24 bits per heavy atom. The van der Waals surface area contributed by atoms with Gasteiger partial charge in [0.25, 0.3) is 0 Å². The van der Waals surface area contributed by atoms with Crippen molar-refractivity contribution in [3.63, 3.8) is 0 Å². The Hall–Kier alpha value is -2.53. The number of rotatable bonds is 9. The number of nitrogens with one attached hydrogen (secondary N) is 2. The average molecular weight is 343 g/mol. The maximum Gasteiger partial charge on any atom is 0.230 e. The molecule has 2 aromatic carbocycles. The summed E-state index contributed by atoms with van der Waals surface area (Å²) < 4.78 is 10.5. The van der Waals surface area contributed by atoms with Crippen LogP contribution in [0.5, 0.6) is 11.5 Å². The highest BCUT2D eigenvalue weighted by Crippen LogP contribution is 2.25. The molecule has 2 aromatic rings. The molecule has 5 nitrogen and oxygen atoms in total. The zero-order chi connectivity index (χ0) is 18.1. The predicted octanol–water partition coefficient (Wildman–Crippen LogP) is 2.14. The summed E-state index contributed by atoms with van der Waals surface area (Å²) in [5, 5.41) is 2.92. The summed E-state index contributed by atoms with van der Waals surface area (Å²) in [6.07, 6.45) is 0.468. The summed E-state index contributed by atoms with van der Waals surface area (Å²) in [5.74, 6) is 1.30. The molecule has 0 radical (unpaired) electrons. The summed E-state index contributed by atoms with van der Waals surface area (Å²) in [4.78, 5) is 13.7. The van der Waals surface area contributed by atoms with Gasteiger partial charge in [0.1, 0.15) is 18.0 Å². The van der Waals surface area contributed by atoms with Gasteiger partial charge in [-0.05, 0) is 6.92 Å². The van der Waals surface area contributed by atoms with Crippen LogP contribution in [0.3, 0.4) is 0 Å². The first-order valence-electron chi connectivity index (χ1n) is 8.55.